The van der Waals surface area contributed by atoms with Crippen molar-refractivity contribution < 1.29 is 40.7 Å². The summed E-state index contributed by atoms with van der Waals surface area (Å²) in [7, 11) is 1.62. The number of fused-ring (bicyclic) bond motifs is 2. The van der Waals surface area contributed by atoms with Gasteiger partial charge in [-0.3, -0.25) is 33.5 Å². The Kier molecular flexibility index (Phi) is 10.4. The second kappa shape index (κ2) is 15.3. The molecule has 2 aromatic carbocycles. The van der Waals surface area contributed by atoms with Crippen LogP contribution in [0.3, 0.4) is 0 Å². The smallest absolute Gasteiger partial charge is 0.320 e. The molecule has 3 unspecified atom stereocenters. The highest BCUT2D eigenvalue weighted by Gasteiger charge is 2.37. The Bertz CT molecular complexity index is 2470. The van der Waals surface area contributed by atoms with E-state index in [0.29, 0.717) is 53.5 Å². The van der Waals surface area contributed by atoms with Crippen LogP contribution in [0.2, 0.25) is 0 Å². The highest BCUT2D eigenvalue weighted by Crippen LogP contribution is 2.39. The zero-order valence-electron chi connectivity index (χ0n) is 31.3. The molecule has 5 heterocycles. The van der Waals surface area contributed by atoms with Crippen LogP contribution in [-0.2, 0) is 22.8 Å². The largest absolute Gasteiger partial charge is 0.433 e. The molecule has 0 spiro atoms. The zero-order valence-corrected chi connectivity index (χ0v) is 31.3. The highest BCUT2D eigenvalue weighted by molar-refractivity contribution is 6.04. The number of amides is 3. The number of carbonyl (C=O) groups is 3. The van der Waals surface area contributed by atoms with Crippen molar-refractivity contribution in [1.82, 2.24) is 34.1 Å². The van der Waals surface area contributed by atoms with Gasteiger partial charge in [0, 0.05) is 49.6 Å². The normalized spacial score (nSPS) is 23.5. The summed E-state index contributed by atoms with van der Waals surface area (Å²) in [5.74, 6) is -2.12. The summed E-state index contributed by atoms with van der Waals surface area (Å²) in [6.45, 7) is 1.59. The van der Waals surface area contributed by atoms with Crippen molar-refractivity contribution in [3.63, 3.8) is 0 Å². The fourth-order valence-corrected chi connectivity index (χ4v) is 8.93. The summed E-state index contributed by atoms with van der Waals surface area (Å²) in [4.78, 5) is 56.1. The number of imidazole rings is 1. The molecule has 3 amide bonds. The molecule has 58 heavy (non-hydrogen) atoms. The van der Waals surface area contributed by atoms with E-state index < -0.39 is 65.2 Å². The van der Waals surface area contributed by atoms with Gasteiger partial charge >= 0.3 is 11.9 Å². The molecule has 3 aromatic heterocycles. The topological polar surface area (TPSA) is 136 Å². The number of aromatic nitrogens is 5. The Morgan fingerprint density at radius 2 is 1.76 bits per heavy atom. The van der Waals surface area contributed by atoms with Gasteiger partial charge in [0.15, 0.2) is 0 Å². The van der Waals surface area contributed by atoms with Crippen LogP contribution in [0.25, 0.3) is 21.9 Å². The second-order valence-corrected chi connectivity index (χ2v) is 15.5. The Labute approximate surface area is 327 Å². The number of anilines is 1. The summed E-state index contributed by atoms with van der Waals surface area (Å²) in [6.07, 6.45) is -3.24. The van der Waals surface area contributed by atoms with Crippen LogP contribution in [0, 0.1) is 5.92 Å². The fourth-order valence-electron chi connectivity index (χ4n) is 8.93. The molecule has 5 aromatic rings. The number of hydrogen-bond acceptors (Lipinski definition) is 7. The molecular formula is C40H40F6N8O4. The Hall–Kier alpha value is -5.52. The van der Waals surface area contributed by atoms with Gasteiger partial charge in [-0.15, -0.1) is 0 Å². The van der Waals surface area contributed by atoms with Gasteiger partial charge < -0.3 is 10.2 Å². The summed E-state index contributed by atoms with van der Waals surface area (Å²) < 4.78 is 88.4. The number of halogens is 6. The van der Waals surface area contributed by atoms with Gasteiger partial charge in [0.2, 0.25) is 11.8 Å². The highest BCUT2D eigenvalue weighted by atomic mass is 19.4. The first-order valence-electron chi connectivity index (χ1n) is 19.2. The molecular weight excluding hydrogens is 770 g/mol. The van der Waals surface area contributed by atoms with Gasteiger partial charge in [0.1, 0.15) is 23.6 Å². The number of para-hydroxylation sites is 1. The molecule has 1 saturated carbocycles. The Morgan fingerprint density at radius 1 is 1.00 bits per heavy atom. The molecule has 2 N–H and O–H groups in total. The number of imide groups is 1. The summed E-state index contributed by atoms with van der Waals surface area (Å²) in [6, 6.07) is 9.81. The minimum Gasteiger partial charge on any atom is -0.320 e. The number of benzene rings is 2. The molecule has 306 valence electrons. The van der Waals surface area contributed by atoms with Gasteiger partial charge in [0.05, 0.1) is 28.3 Å². The van der Waals surface area contributed by atoms with Crippen molar-refractivity contribution in [2.75, 3.05) is 25.0 Å². The number of pyridine rings is 1. The van der Waals surface area contributed by atoms with Gasteiger partial charge in [0.25, 0.3) is 12.3 Å². The number of likely N-dealkylation sites (tertiary alicyclic amines) is 1. The minimum atomic E-state index is -4.79. The van der Waals surface area contributed by atoms with Crippen molar-refractivity contribution in [3.05, 3.63) is 87.7 Å². The third-order valence-corrected chi connectivity index (χ3v) is 11.8. The van der Waals surface area contributed by atoms with Crippen LogP contribution < -0.4 is 16.3 Å². The van der Waals surface area contributed by atoms with E-state index in [9.17, 15) is 41.1 Å². The van der Waals surface area contributed by atoms with Gasteiger partial charge in [-0.1, -0.05) is 18.2 Å². The molecule has 12 nitrogen and oxygen atoms in total. The second-order valence-electron chi connectivity index (χ2n) is 15.5. The standard InChI is InChI=1S/C40H40F6N8O4/c1-51-35-25(4-2-6-31(35)54(39(51)58)32-12-13-34(55)49-38(32)57)24-14-15-52(20-27(24)41)18-21-8-10-23(11-9-21)53-19-22-16-30(26(36(42)43)17-29(22)50-53)48-37(56)28-5-3-7-33(47-28)40(44,45)46/h2-7,16-17,19,21,23-24,27,32,36H,8-15,18,20H2,1H3,(H,48,56)(H,49,55,57)/t21-,23-,24?,27?,32?. The van der Waals surface area contributed by atoms with E-state index >= 15 is 4.39 Å². The first-order chi connectivity index (χ1) is 27.7. The van der Waals surface area contributed by atoms with Crippen molar-refractivity contribution in [1.29, 1.82) is 0 Å². The van der Waals surface area contributed by atoms with Crippen LogP contribution in [0.4, 0.5) is 32.0 Å². The molecule has 8 rings (SSSR count). The van der Waals surface area contributed by atoms with Crippen molar-refractivity contribution >= 4 is 45.3 Å². The fraction of sp³-hybridized carbons (Fsp3) is 0.450. The lowest BCUT2D eigenvalue weighted by Crippen LogP contribution is -2.44. The van der Waals surface area contributed by atoms with E-state index in [4.69, 9.17) is 0 Å². The number of alkyl halides is 6. The minimum absolute atomic E-state index is 0.0229. The number of carbonyl (C=O) groups excluding carboxylic acids is 3. The average molecular weight is 811 g/mol. The molecule has 3 aliphatic rings. The summed E-state index contributed by atoms with van der Waals surface area (Å²) in [5, 5.41) is 9.66. The monoisotopic (exact) mass is 810 g/mol. The van der Waals surface area contributed by atoms with E-state index in [0.717, 1.165) is 37.8 Å². The van der Waals surface area contributed by atoms with Gasteiger partial charge in [-0.2, -0.15) is 18.3 Å². The van der Waals surface area contributed by atoms with Crippen LogP contribution in [-0.4, -0.2) is 72.3 Å². The first kappa shape index (κ1) is 39.3. The Balaban J connectivity index is 0.902. The predicted octanol–water partition coefficient (Wildman–Crippen LogP) is 6.83. The van der Waals surface area contributed by atoms with E-state index in [-0.39, 0.29) is 42.5 Å². The predicted molar refractivity (Wildman–Crippen MR) is 200 cm³/mol. The summed E-state index contributed by atoms with van der Waals surface area (Å²) in [5.41, 5.74) is -0.911. The van der Waals surface area contributed by atoms with Gasteiger partial charge in [-0.25, -0.2) is 22.9 Å². The average Bonchev–Trinajstić information content (AvgIpc) is 3.72. The maximum absolute atomic E-state index is 16.1. The third kappa shape index (κ3) is 7.49. The first-order valence-corrected chi connectivity index (χ1v) is 19.2. The number of piperidine rings is 2. The maximum Gasteiger partial charge on any atom is 0.433 e. The van der Waals surface area contributed by atoms with Crippen LogP contribution in [0.15, 0.2) is 59.5 Å². The molecule has 2 aliphatic heterocycles. The number of aryl methyl sites for hydroxylation is 1. The van der Waals surface area contributed by atoms with Crippen molar-refractivity contribution in [2.24, 2.45) is 13.0 Å². The van der Waals surface area contributed by atoms with Crippen LogP contribution in [0.1, 0.15) is 96.7 Å². The molecule has 2 saturated heterocycles. The lowest BCUT2D eigenvalue weighted by atomic mass is 9.83. The summed E-state index contributed by atoms with van der Waals surface area (Å²) >= 11 is 0. The lowest BCUT2D eigenvalue weighted by Gasteiger charge is -2.38. The molecule has 1 aliphatic carbocycles. The number of hydrogen-bond donors (Lipinski definition) is 2. The van der Waals surface area contributed by atoms with E-state index in [1.807, 2.05) is 6.07 Å². The number of nitrogens with one attached hydrogen (secondary N) is 2. The molecule has 0 bridgehead atoms. The lowest BCUT2D eigenvalue weighted by molar-refractivity contribution is -0.141. The molecule has 3 atom stereocenters. The van der Waals surface area contributed by atoms with Gasteiger partial charge in [-0.05, 0) is 86.9 Å². The van der Waals surface area contributed by atoms with E-state index in [1.165, 1.54) is 21.3 Å². The number of rotatable bonds is 8. The van der Waals surface area contributed by atoms with Crippen LogP contribution in [0.5, 0.6) is 0 Å². The zero-order chi connectivity index (χ0) is 41.0. The quantitative estimate of drug-likeness (QED) is 0.130. The third-order valence-electron chi connectivity index (χ3n) is 11.8. The SMILES string of the molecule is Cn1c(=O)n(C2CCC(=O)NC2=O)c2cccc(C3CCN(C[C@H]4CC[C@H](n5cc6cc(NC(=O)c7cccc(C(F)(F)F)n7)c(C(F)F)cc6n5)CC4)CC3F)c21. The van der Waals surface area contributed by atoms with Crippen LogP contribution >= 0.6 is 0 Å². The Morgan fingerprint density at radius 3 is 2.47 bits per heavy atom. The molecule has 0 radical (unpaired) electrons. The molecule has 18 heteroatoms. The molecule has 3 fully saturated rings. The van der Waals surface area contributed by atoms with Crippen molar-refractivity contribution in [3.8, 4) is 0 Å². The van der Waals surface area contributed by atoms with E-state index in [2.05, 4.69) is 25.6 Å². The van der Waals surface area contributed by atoms with E-state index in [1.54, 1.807) is 30.1 Å². The number of nitrogens with zero attached hydrogens (tertiary/aromatic N) is 6. The van der Waals surface area contributed by atoms with Crippen molar-refractivity contribution in [2.45, 2.75) is 81.7 Å². The maximum atomic E-state index is 16.1.